The fraction of sp³-hybridized carbons (Fsp3) is 0.208. The van der Waals surface area contributed by atoms with Crippen LogP contribution >= 0.6 is 11.8 Å². The van der Waals surface area contributed by atoms with Crippen molar-refractivity contribution in [2.45, 2.75) is 42.6 Å². The molecular weight excluding hydrogens is 685 g/mol. The van der Waals surface area contributed by atoms with E-state index in [1.165, 1.54) is 7.11 Å². The van der Waals surface area contributed by atoms with Gasteiger partial charge in [-0.2, -0.15) is 0 Å². The summed E-state index contributed by atoms with van der Waals surface area (Å²) in [5.41, 5.74) is 5.30. The molecule has 0 heterocycles. The normalized spacial score (nSPS) is 12.8. The zero-order chi connectivity index (χ0) is 37.8. The molecule has 6 aromatic rings. The van der Waals surface area contributed by atoms with Crippen molar-refractivity contribution in [2.24, 2.45) is 5.92 Å². The van der Waals surface area contributed by atoms with Gasteiger partial charge in [-0.3, -0.25) is 10.1 Å². The van der Waals surface area contributed by atoms with Crippen LogP contribution in [0, 0.1) is 5.92 Å². The number of hydrogen-bond acceptors (Lipinski definition) is 5. The van der Waals surface area contributed by atoms with E-state index in [-0.39, 0.29) is 11.8 Å². The summed E-state index contributed by atoms with van der Waals surface area (Å²) in [7, 11) is 1.37. The summed E-state index contributed by atoms with van der Waals surface area (Å²) in [5, 5.41) is 7.12. The zero-order valence-corrected chi connectivity index (χ0v) is 31.9. The van der Waals surface area contributed by atoms with Gasteiger partial charge in [-0.15, -0.1) is 11.8 Å². The Morgan fingerprint density at radius 1 is 0.537 bits per heavy atom. The second-order valence-corrected chi connectivity index (χ2v) is 15.1. The summed E-state index contributed by atoms with van der Waals surface area (Å²) in [6.45, 7) is 4.07. The van der Waals surface area contributed by atoms with Crippen molar-refractivity contribution in [1.82, 2.24) is 10.6 Å². The first-order valence-electron chi connectivity index (χ1n) is 18.5. The molecule has 0 aliphatic heterocycles. The highest BCUT2D eigenvalue weighted by Gasteiger charge is 2.43. The minimum atomic E-state index is -0.944. The molecule has 6 rings (SSSR count). The smallest absolute Gasteiger partial charge is 0.328 e. The minimum Gasteiger partial charge on any atom is -0.467 e. The second-order valence-electron chi connectivity index (χ2n) is 13.8. The first-order valence-corrected chi connectivity index (χ1v) is 19.5. The highest BCUT2D eigenvalue weighted by atomic mass is 32.2. The molecule has 2 N–H and O–H groups in total. The Hall–Kier alpha value is -5.43. The van der Waals surface area contributed by atoms with Gasteiger partial charge in [0.2, 0.25) is 5.91 Å². The molecule has 2 unspecified atom stereocenters. The molecule has 0 saturated heterocycles. The van der Waals surface area contributed by atoms with Crippen molar-refractivity contribution in [3.05, 3.63) is 215 Å². The molecule has 1 amide bonds. The van der Waals surface area contributed by atoms with Crippen molar-refractivity contribution in [3.8, 4) is 0 Å². The third-order valence-electron chi connectivity index (χ3n) is 9.84. The van der Waals surface area contributed by atoms with Gasteiger partial charge in [0.15, 0.2) is 0 Å². The molecular formula is C48H48N2O3S. The number of nitrogens with one attached hydrogen (secondary N) is 2. The lowest BCUT2D eigenvalue weighted by Gasteiger charge is -2.41. The molecule has 0 aliphatic carbocycles. The third-order valence-corrected chi connectivity index (χ3v) is 11.5. The largest absolute Gasteiger partial charge is 0.467 e. The van der Waals surface area contributed by atoms with E-state index in [1.54, 1.807) is 11.8 Å². The maximum absolute atomic E-state index is 15.1. The summed E-state index contributed by atoms with van der Waals surface area (Å²) in [5.74, 6) is -0.257. The van der Waals surface area contributed by atoms with Gasteiger partial charge < -0.3 is 10.1 Å². The molecule has 5 nitrogen and oxygen atoms in total. The van der Waals surface area contributed by atoms with E-state index in [4.69, 9.17) is 4.74 Å². The van der Waals surface area contributed by atoms with Crippen molar-refractivity contribution in [2.75, 3.05) is 12.9 Å². The molecule has 6 heteroatoms. The molecule has 0 spiro atoms. The number of hydrogen-bond donors (Lipinski definition) is 2. The van der Waals surface area contributed by atoms with Crippen LogP contribution in [0.3, 0.4) is 0 Å². The number of ether oxygens (including phenoxy) is 1. The lowest BCUT2D eigenvalue weighted by Crippen LogP contribution is -2.58. The molecule has 54 heavy (non-hydrogen) atoms. The van der Waals surface area contributed by atoms with Gasteiger partial charge in [0, 0.05) is 5.75 Å². The predicted octanol–water partition coefficient (Wildman–Crippen LogP) is 9.37. The van der Waals surface area contributed by atoms with Crippen molar-refractivity contribution in [3.63, 3.8) is 0 Å². The highest BCUT2D eigenvalue weighted by Crippen LogP contribution is 2.49. The van der Waals surface area contributed by atoms with E-state index < -0.39 is 28.3 Å². The summed E-state index contributed by atoms with van der Waals surface area (Å²) in [6.07, 6.45) is 0.446. The maximum atomic E-state index is 15.1. The average molecular weight is 733 g/mol. The molecule has 0 bridgehead atoms. The molecule has 0 aromatic heterocycles. The van der Waals surface area contributed by atoms with Gasteiger partial charge in [0.25, 0.3) is 0 Å². The van der Waals surface area contributed by atoms with Gasteiger partial charge in [-0.25, -0.2) is 4.79 Å². The van der Waals surface area contributed by atoms with Crippen LogP contribution in [0.1, 0.15) is 53.6 Å². The lowest BCUT2D eigenvalue weighted by atomic mass is 9.76. The number of carbonyl (C=O) groups is 2. The standard InChI is InChI=1S/C48H48N2O3S/c1-36(2)34-43(46(52)53-3)49-45(51)44(50-47(37-22-10-4-11-23-37,38-24-12-5-13-25-38)39-26-14-6-15-27-39)35-54-48(40-28-16-7-17-29-40,41-30-18-8-19-31-41)42-32-20-9-21-33-42/h4-33,36,43-44,50H,34-35H2,1-3H3,(H,49,51). The Morgan fingerprint density at radius 2 is 0.870 bits per heavy atom. The van der Waals surface area contributed by atoms with Crippen molar-refractivity contribution in [1.29, 1.82) is 0 Å². The minimum absolute atomic E-state index is 0.147. The summed E-state index contributed by atoms with van der Waals surface area (Å²) in [6, 6.07) is 60.7. The van der Waals surface area contributed by atoms with Crippen LogP contribution in [-0.4, -0.2) is 36.8 Å². The molecule has 0 saturated carbocycles. The monoisotopic (exact) mass is 732 g/mol. The SMILES string of the molecule is COC(=O)C(CC(C)C)NC(=O)C(CSC(c1ccccc1)(c1ccccc1)c1ccccc1)NC(c1ccccc1)(c1ccccc1)c1ccccc1. The fourth-order valence-corrected chi connectivity index (χ4v) is 8.90. The van der Waals surface area contributed by atoms with Crippen LogP contribution in [0.25, 0.3) is 0 Å². The second kappa shape index (κ2) is 18.1. The molecule has 0 fully saturated rings. The molecule has 0 aliphatic rings. The summed E-state index contributed by atoms with van der Waals surface area (Å²) in [4.78, 5) is 28.2. The van der Waals surface area contributed by atoms with E-state index in [0.29, 0.717) is 12.2 Å². The molecule has 0 radical (unpaired) electrons. The third kappa shape index (κ3) is 8.36. The average Bonchev–Trinajstić information content (AvgIpc) is 3.23. The van der Waals surface area contributed by atoms with Crippen LogP contribution in [0.5, 0.6) is 0 Å². The molecule has 2 atom stereocenters. The Morgan fingerprint density at radius 3 is 1.19 bits per heavy atom. The fourth-order valence-electron chi connectivity index (χ4n) is 7.34. The summed E-state index contributed by atoms with van der Waals surface area (Å²) >= 11 is 1.71. The van der Waals surface area contributed by atoms with Gasteiger partial charge in [-0.05, 0) is 45.7 Å². The molecule has 274 valence electrons. The van der Waals surface area contributed by atoms with Gasteiger partial charge in [0.05, 0.1) is 23.4 Å². The van der Waals surface area contributed by atoms with E-state index in [2.05, 4.69) is 120 Å². The number of carbonyl (C=O) groups excluding carboxylic acids is 2. The van der Waals surface area contributed by atoms with E-state index in [1.807, 2.05) is 86.6 Å². The van der Waals surface area contributed by atoms with Crippen LogP contribution in [0.2, 0.25) is 0 Å². The van der Waals surface area contributed by atoms with Crippen LogP contribution < -0.4 is 10.6 Å². The van der Waals surface area contributed by atoms with Crippen LogP contribution in [-0.2, 0) is 24.6 Å². The first kappa shape index (κ1) is 38.3. The van der Waals surface area contributed by atoms with E-state index in [0.717, 1.165) is 33.4 Å². The number of esters is 1. The van der Waals surface area contributed by atoms with Crippen LogP contribution in [0.4, 0.5) is 0 Å². The van der Waals surface area contributed by atoms with Crippen molar-refractivity contribution >= 4 is 23.6 Å². The lowest BCUT2D eigenvalue weighted by molar-refractivity contribution is -0.145. The van der Waals surface area contributed by atoms with Crippen LogP contribution in [0.15, 0.2) is 182 Å². The number of benzene rings is 6. The van der Waals surface area contributed by atoms with E-state index >= 15 is 4.79 Å². The Bertz CT molecular complexity index is 1850. The zero-order valence-electron chi connectivity index (χ0n) is 31.1. The van der Waals surface area contributed by atoms with Gasteiger partial charge in [-0.1, -0.05) is 196 Å². The maximum Gasteiger partial charge on any atom is 0.328 e. The summed E-state index contributed by atoms with van der Waals surface area (Å²) < 4.78 is 4.53. The number of methoxy groups -OCH3 is 1. The molecule has 6 aromatic carbocycles. The highest BCUT2D eigenvalue weighted by molar-refractivity contribution is 8.00. The van der Waals surface area contributed by atoms with Gasteiger partial charge in [0.1, 0.15) is 6.04 Å². The first-order chi connectivity index (χ1) is 26.4. The predicted molar refractivity (Wildman–Crippen MR) is 221 cm³/mol. The number of amides is 1. The van der Waals surface area contributed by atoms with Crippen molar-refractivity contribution < 1.29 is 14.3 Å². The quantitative estimate of drug-likeness (QED) is 0.0767. The Balaban J connectivity index is 1.55. The topological polar surface area (TPSA) is 67.4 Å². The number of thioether (sulfide) groups is 1. The Kier molecular flexibility index (Phi) is 12.8. The van der Waals surface area contributed by atoms with Gasteiger partial charge >= 0.3 is 5.97 Å². The number of rotatable bonds is 16. The van der Waals surface area contributed by atoms with E-state index in [9.17, 15) is 4.79 Å². The Labute approximate surface area is 324 Å².